The van der Waals surface area contributed by atoms with Crippen LogP contribution in [0.1, 0.15) is 20.7 Å². The average Bonchev–Trinajstić information content (AvgIpc) is 3.21. The maximum absolute atomic E-state index is 13.5. The Balaban J connectivity index is 1.38. The first-order valence-electron chi connectivity index (χ1n) is 11.0. The lowest BCUT2D eigenvalue weighted by Gasteiger charge is -2.35. The van der Waals surface area contributed by atoms with Crippen LogP contribution in [0.25, 0.3) is 16.9 Å². The van der Waals surface area contributed by atoms with Crippen molar-refractivity contribution < 1.29 is 18.4 Å². The van der Waals surface area contributed by atoms with Gasteiger partial charge in [-0.2, -0.15) is 9.78 Å². The topological polar surface area (TPSA) is 80.4 Å². The number of hydrogen-bond acceptors (Lipinski definition) is 4. The van der Waals surface area contributed by atoms with Gasteiger partial charge in [0.25, 0.3) is 17.4 Å². The minimum atomic E-state index is -1.08. The van der Waals surface area contributed by atoms with Crippen molar-refractivity contribution in [3.63, 3.8) is 0 Å². The molecule has 178 valence electrons. The minimum absolute atomic E-state index is 0.0508. The fourth-order valence-corrected chi connectivity index (χ4v) is 4.23. The number of nitrogens with zero attached hydrogens (tertiary/aromatic N) is 5. The number of carbonyl (C=O) groups excluding carboxylic acids is 2. The first-order valence-corrected chi connectivity index (χ1v) is 11.0. The molecule has 3 heterocycles. The van der Waals surface area contributed by atoms with E-state index in [0.717, 1.165) is 12.1 Å². The third-order valence-corrected chi connectivity index (χ3v) is 6.05. The second-order valence-electron chi connectivity index (χ2n) is 8.37. The van der Waals surface area contributed by atoms with Crippen molar-refractivity contribution in [2.75, 3.05) is 26.2 Å². The molecule has 0 aliphatic carbocycles. The summed E-state index contributed by atoms with van der Waals surface area (Å²) in [6, 6.07) is 12.0. The zero-order valence-electron chi connectivity index (χ0n) is 18.8. The fourth-order valence-electron chi connectivity index (χ4n) is 4.23. The molecule has 1 saturated heterocycles. The van der Waals surface area contributed by atoms with Gasteiger partial charge in [0, 0.05) is 51.2 Å². The Bertz CT molecular complexity index is 1460. The number of piperazine rings is 1. The van der Waals surface area contributed by atoms with Gasteiger partial charge in [0.2, 0.25) is 0 Å². The van der Waals surface area contributed by atoms with E-state index in [2.05, 4.69) is 5.10 Å². The van der Waals surface area contributed by atoms with Crippen LogP contribution in [-0.4, -0.2) is 62.1 Å². The molecule has 0 saturated carbocycles. The van der Waals surface area contributed by atoms with E-state index in [1.165, 1.54) is 15.6 Å². The number of fused-ring (bicyclic) bond motifs is 1. The summed E-state index contributed by atoms with van der Waals surface area (Å²) in [7, 11) is 1.73. The first-order chi connectivity index (χ1) is 16.8. The van der Waals surface area contributed by atoms with Gasteiger partial charge in [-0.15, -0.1) is 0 Å². The van der Waals surface area contributed by atoms with E-state index in [9.17, 15) is 23.2 Å². The number of pyridine rings is 1. The molecule has 2 amide bonds. The molecular formula is C25H21F2N5O3. The predicted octanol–water partition coefficient (Wildman–Crippen LogP) is 2.55. The third kappa shape index (κ3) is 4.07. The van der Waals surface area contributed by atoms with Crippen molar-refractivity contribution in [2.24, 2.45) is 7.05 Å². The number of aryl methyl sites for hydroxylation is 1. The molecule has 5 rings (SSSR count). The van der Waals surface area contributed by atoms with E-state index in [0.29, 0.717) is 16.9 Å². The lowest BCUT2D eigenvalue weighted by atomic mass is 10.1. The zero-order valence-corrected chi connectivity index (χ0v) is 18.8. The van der Waals surface area contributed by atoms with Gasteiger partial charge in [-0.25, -0.2) is 8.78 Å². The maximum atomic E-state index is 13.5. The van der Waals surface area contributed by atoms with Gasteiger partial charge in [-0.1, -0.05) is 18.2 Å². The molecular weight excluding hydrogens is 456 g/mol. The summed E-state index contributed by atoms with van der Waals surface area (Å²) in [6.45, 7) is 0.962. The molecule has 0 atom stereocenters. The van der Waals surface area contributed by atoms with Crippen molar-refractivity contribution >= 4 is 11.8 Å². The highest BCUT2D eigenvalue weighted by atomic mass is 19.2. The highest BCUT2D eigenvalue weighted by Gasteiger charge is 2.30. The SMILES string of the molecule is Cn1cc(C(=O)N2CCN(C(=O)c3ccc(F)c(F)c3)CC2)c2nn(-c3ccccc3)c(=O)c-2c1. The smallest absolute Gasteiger partial charge is 0.282 e. The van der Waals surface area contributed by atoms with Crippen LogP contribution >= 0.6 is 0 Å². The van der Waals surface area contributed by atoms with Gasteiger partial charge in [-0.05, 0) is 30.3 Å². The monoisotopic (exact) mass is 477 g/mol. The Morgan fingerprint density at radius 1 is 0.857 bits per heavy atom. The molecule has 0 radical (unpaired) electrons. The van der Waals surface area contributed by atoms with Crippen LogP contribution in [0.15, 0.2) is 65.7 Å². The summed E-state index contributed by atoms with van der Waals surface area (Å²) in [5.41, 5.74) is 1.25. The van der Waals surface area contributed by atoms with Crippen molar-refractivity contribution in [2.45, 2.75) is 0 Å². The Kier molecular flexibility index (Phi) is 5.64. The van der Waals surface area contributed by atoms with Crippen LogP contribution in [-0.2, 0) is 7.05 Å². The van der Waals surface area contributed by atoms with Crippen molar-refractivity contribution in [3.05, 3.63) is 94.0 Å². The summed E-state index contributed by atoms with van der Waals surface area (Å²) in [4.78, 5) is 42.2. The number of halogens is 2. The Morgan fingerprint density at radius 3 is 2.17 bits per heavy atom. The van der Waals surface area contributed by atoms with Gasteiger partial charge >= 0.3 is 0 Å². The fraction of sp³-hybridized carbons (Fsp3) is 0.200. The third-order valence-electron chi connectivity index (χ3n) is 6.05. The standard InChI is InChI=1S/C25H21F2N5O3/c1-29-14-18(22-19(15-29)25(35)32(28-22)17-5-3-2-4-6-17)24(34)31-11-9-30(10-12-31)23(33)16-7-8-20(26)21(27)13-16/h2-8,13-15H,9-12H2,1H3. The molecule has 0 bridgehead atoms. The molecule has 0 aromatic heterocycles. The summed E-state index contributed by atoms with van der Waals surface area (Å²) < 4.78 is 29.7. The summed E-state index contributed by atoms with van der Waals surface area (Å²) in [5, 5.41) is 4.45. The Labute approximate surface area is 199 Å². The van der Waals surface area contributed by atoms with Gasteiger partial charge in [-0.3, -0.25) is 14.4 Å². The minimum Gasteiger partial charge on any atom is -0.356 e. The first kappa shape index (κ1) is 22.5. The van der Waals surface area contributed by atoms with Crippen molar-refractivity contribution in [3.8, 4) is 16.9 Å². The van der Waals surface area contributed by atoms with Gasteiger partial charge in [0.15, 0.2) is 11.6 Å². The van der Waals surface area contributed by atoms with Crippen LogP contribution < -0.4 is 5.56 Å². The average molecular weight is 477 g/mol. The summed E-state index contributed by atoms with van der Waals surface area (Å²) >= 11 is 0. The molecule has 1 fully saturated rings. The van der Waals surface area contributed by atoms with Gasteiger partial charge < -0.3 is 14.4 Å². The van der Waals surface area contributed by atoms with E-state index in [1.807, 2.05) is 6.07 Å². The molecule has 35 heavy (non-hydrogen) atoms. The normalized spacial score (nSPS) is 13.9. The van der Waals surface area contributed by atoms with Crippen molar-refractivity contribution in [1.82, 2.24) is 24.1 Å². The number of hydrogen-bond donors (Lipinski definition) is 0. The lowest BCUT2D eigenvalue weighted by molar-refractivity contribution is 0.0535. The van der Waals surface area contributed by atoms with Crippen LogP contribution in [0, 0.1) is 11.6 Å². The summed E-state index contributed by atoms with van der Waals surface area (Å²) in [5.74, 6) is -2.83. The number of amides is 2. The van der Waals surface area contributed by atoms with E-state index in [1.54, 1.807) is 53.2 Å². The van der Waals surface area contributed by atoms with E-state index >= 15 is 0 Å². The maximum Gasteiger partial charge on any atom is 0.282 e. The number of aromatic nitrogens is 3. The number of para-hydroxylation sites is 1. The highest BCUT2D eigenvalue weighted by molar-refractivity contribution is 6.00. The van der Waals surface area contributed by atoms with Gasteiger partial charge in [0.1, 0.15) is 5.69 Å². The molecule has 0 spiro atoms. The number of carbonyl (C=O) groups is 2. The second-order valence-corrected chi connectivity index (χ2v) is 8.37. The number of benzene rings is 2. The highest BCUT2D eigenvalue weighted by Crippen LogP contribution is 2.24. The molecule has 10 heteroatoms. The molecule has 3 aliphatic heterocycles. The Morgan fingerprint density at radius 2 is 1.51 bits per heavy atom. The quantitative estimate of drug-likeness (QED) is 0.454. The number of rotatable bonds is 3. The van der Waals surface area contributed by atoms with Crippen LogP contribution in [0.3, 0.4) is 0 Å². The molecule has 0 N–H and O–H groups in total. The molecule has 0 unspecified atom stereocenters. The largest absolute Gasteiger partial charge is 0.356 e. The van der Waals surface area contributed by atoms with E-state index in [4.69, 9.17) is 0 Å². The Hall–Kier alpha value is -4.34. The molecule has 3 aliphatic rings. The molecule has 8 nitrogen and oxygen atoms in total. The second kappa shape index (κ2) is 8.79. The van der Waals surface area contributed by atoms with E-state index < -0.39 is 17.5 Å². The summed E-state index contributed by atoms with van der Waals surface area (Å²) in [6.07, 6.45) is 3.27. The molecule has 2 aromatic carbocycles. The van der Waals surface area contributed by atoms with Crippen LogP contribution in [0.2, 0.25) is 0 Å². The van der Waals surface area contributed by atoms with Crippen molar-refractivity contribution in [1.29, 1.82) is 0 Å². The van der Waals surface area contributed by atoms with Crippen LogP contribution in [0.4, 0.5) is 8.78 Å². The van der Waals surface area contributed by atoms with Gasteiger partial charge in [0.05, 0.1) is 16.8 Å². The zero-order chi connectivity index (χ0) is 24.7. The van der Waals surface area contributed by atoms with E-state index in [-0.39, 0.29) is 48.8 Å². The van der Waals surface area contributed by atoms with Crippen LogP contribution in [0.5, 0.6) is 0 Å². The predicted molar refractivity (Wildman–Crippen MR) is 124 cm³/mol. The lowest BCUT2D eigenvalue weighted by Crippen LogP contribution is -2.50. The molecule has 2 aromatic rings.